The van der Waals surface area contributed by atoms with Crippen LogP contribution in [0.1, 0.15) is 32.2 Å². The monoisotopic (exact) mass is 330 g/mol. The molecule has 2 aromatic rings. The number of rotatable bonds is 1. The van der Waals surface area contributed by atoms with Gasteiger partial charge in [0.2, 0.25) is 0 Å². The quantitative estimate of drug-likeness (QED) is 0.789. The van der Waals surface area contributed by atoms with Crippen molar-refractivity contribution in [3.05, 3.63) is 35.9 Å². The molecule has 0 bridgehead atoms. The van der Waals surface area contributed by atoms with Crippen LogP contribution < -0.4 is 0 Å². The molecule has 2 rings (SSSR count). The van der Waals surface area contributed by atoms with Gasteiger partial charge in [0.25, 0.3) is 0 Å². The standard InChI is InChI=1S/C6H7F3N2.C4H3F3N2.C2H6/c1-2-11-4-3-5(10-11)6(7,8)9;5-4(6,7)3-1-2-8-9-3;1-2/h3-4H,2H2,1H3;1-2H,(H,8,9);1-2H3. The smallest absolute Gasteiger partial charge is 0.274 e. The van der Waals surface area contributed by atoms with Gasteiger partial charge in [-0.15, -0.1) is 0 Å². The summed E-state index contributed by atoms with van der Waals surface area (Å²) < 4.78 is 71.5. The summed E-state index contributed by atoms with van der Waals surface area (Å²) in [5, 5.41) is 8.24. The second-order valence-corrected chi connectivity index (χ2v) is 3.52. The number of nitrogens with zero attached hydrogens (tertiary/aromatic N) is 3. The average Bonchev–Trinajstić information content (AvgIpc) is 3.12. The van der Waals surface area contributed by atoms with E-state index in [0.29, 0.717) is 6.54 Å². The SMILES string of the molecule is CC.CCn1ccc(C(F)(F)F)n1.FC(F)(F)c1ccn[nH]1. The molecule has 0 unspecified atom stereocenters. The van der Waals surface area contributed by atoms with Crippen molar-refractivity contribution >= 4 is 0 Å². The fraction of sp³-hybridized carbons (Fsp3) is 0.500. The molecule has 126 valence electrons. The van der Waals surface area contributed by atoms with E-state index in [0.717, 1.165) is 18.3 Å². The summed E-state index contributed by atoms with van der Waals surface area (Å²) in [4.78, 5) is 0. The molecule has 0 aromatic carbocycles. The highest BCUT2D eigenvalue weighted by Gasteiger charge is 2.33. The lowest BCUT2D eigenvalue weighted by molar-refractivity contribution is -0.142. The first kappa shape index (κ1) is 20.0. The Labute approximate surface area is 123 Å². The normalized spacial score (nSPS) is 11.1. The largest absolute Gasteiger partial charge is 0.435 e. The number of aromatic nitrogens is 4. The van der Waals surface area contributed by atoms with Gasteiger partial charge in [-0.1, -0.05) is 13.8 Å². The van der Waals surface area contributed by atoms with Crippen molar-refractivity contribution in [2.75, 3.05) is 0 Å². The first-order chi connectivity index (χ1) is 10.1. The molecule has 0 spiro atoms. The molecule has 2 aromatic heterocycles. The van der Waals surface area contributed by atoms with E-state index in [1.807, 2.05) is 13.8 Å². The maximum Gasteiger partial charge on any atom is 0.435 e. The topological polar surface area (TPSA) is 46.5 Å². The summed E-state index contributed by atoms with van der Waals surface area (Å²) in [6.07, 6.45) is -6.25. The zero-order valence-electron chi connectivity index (χ0n) is 12.1. The molecule has 0 saturated heterocycles. The van der Waals surface area contributed by atoms with Crippen molar-refractivity contribution in [3.8, 4) is 0 Å². The molecule has 0 atom stereocenters. The summed E-state index contributed by atoms with van der Waals surface area (Å²) in [7, 11) is 0. The first-order valence-electron chi connectivity index (χ1n) is 6.31. The molecule has 0 aliphatic carbocycles. The molecule has 1 N–H and O–H groups in total. The number of hydrogen-bond donors (Lipinski definition) is 1. The third kappa shape index (κ3) is 6.64. The van der Waals surface area contributed by atoms with Gasteiger partial charge in [-0.25, -0.2) is 0 Å². The Morgan fingerprint density at radius 3 is 1.86 bits per heavy atom. The van der Waals surface area contributed by atoms with Gasteiger partial charge in [0.15, 0.2) is 5.69 Å². The van der Waals surface area contributed by atoms with Gasteiger partial charge in [-0.3, -0.25) is 9.78 Å². The molecule has 0 aliphatic heterocycles. The number of alkyl halides is 6. The lowest BCUT2D eigenvalue weighted by Crippen LogP contribution is -2.07. The molecule has 0 amide bonds. The number of nitrogens with one attached hydrogen (secondary N) is 1. The number of aromatic amines is 1. The Kier molecular flexibility index (Phi) is 7.68. The second kappa shape index (κ2) is 8.44. The molecular formula is C12H16F6N4. The van der Waals surface area contributed by atoms with Gasteiger partial charge < -0.3 is 0 Å². The van der Waals surface area contributed by atoms with Crippen molar-refractivity contribution in [2.24, 2.45) is 0 Å². The fourth-order valence-electron chi connectivity index (χ4n) is 1.10. The summed E-state index contributed by atoms with van der Waals surface area (Å²) >= 11 is 0. The van der Waals surface area contributed by atoms with E-state index in [2.05, 4.69) is 10.2 Å². The highest BCUT2D eigenvalue weighted by atomic mass is 19.4. The minimum atomic E-state index is -4.32. The van der Waals surface area contributed by atoms with Crippen LogP contribution in [0.5, 0.6) is 0 Å². The number of halogens is 6. The van der Waals surface area contributed by atoms with E-state index < -0.39 is 23.7 Å². The molecule has 0 aliphatic rings. The highest BCUT2D eigenvalue weighted by Crippen LogP contribution is 2.27. The zero-order chi connectivity index (χ0) is 17.4. The summed E-state index contributed by atoms with van der Waals surface area (Å²) in [5.41, 5.74) is -1.65. The van der Waals surface area contributed by atoms with Crippen molar-refractivity contribution in [2.45, 2.75) is 39.7 Å². The summed E-state index contributed by atoms with van der Waals surface area (Å²) in [5.74, 6) is 0. The summed E-state index contributed by atoms with van der Waals surface area (Å²) in [6, 6.07) is 1.84. The molecule has 0 saturated carbocycles. The lowest BCUT2D eigenvalue weighted by atomic mass is 10.4. The molecule has 4 nitrogen and oxygen atoms in total. The van der Waals surface area contributed by atoms with Crippen LogP contribution in [0.3, 0.4) is 0 Å². The number of aryl methyl sites for hydroxylation is 1. The summed E-state index contributed by atoms with van der Waals surface area (Å²) in [6.45, 7) is 6.18. The minimum Gasteiger partial charge on any atom is -0.274 e. The molecular weight excluding hydrogens is 314 g/mol. The predicted molar refractivity (Wildman–Crippen MR) is 67.8 cm³/mol. The molecule has 10 heteroatoms. The van der Waals surface area contributed by atoms with E-state index in [4.69, 9.17) is 0 Å². The highest BCUT2D eigenvalue weighted by molar-refractivity contribution is 5.03. The van der Waals surface area contributed by atoms with E-state index in [1.54, 1.807) is 12.0 Å². The fourth-order valence-corrected chi connectivity index (χ4v) is 1.10. The number of H-pyrrole nitrogens is 1. The van der Waals surface area contributed by atoms with Crippen LogP contribution in [0.2, 0.25) is 0 Å². The maximum absolute atomic E-state index is 11.9. The molecule has 0 fully saturated rings. The molecule has 0 radical (unpaired) electrons. The molecule has 22 heavy (non-hydrogen) atoms. The Bertz CT molecular complexity index is 512. The Balaban J connectivity index is 0.000000366. The Morgan fingerprint density at radius 1 is 1.05 bits per heavy atom. The van der Waals surface area contributed by atoms with Crippen molar-refractivity contribution in [1.82, 2.24) is 20.0 Å². The van der Waals surface area contributed by atoms with Crippen LogP contribution in [-0.4, -0.2) is 20.0 Å². The van der Waals surface area contributed by atoms with E-state index >= 15 is 0 Å². The Hall–Kier alpha value is -2.00. The van der Waals surface area contributed by atoms with Crippen LogP contribution >= 0.6 is 0 Å². The van der Waals surface area contributed by atoms with Crippen molar-refractivity contribution in [3.63, 3.8) is 0 Å². The van der Waals surface area contributed by atoms with Crippen molar-refractivity contribution in [1.29, 1.82) is 0 Å². The van der Waals surface area contributed by atoms with E-state index in [-0.39, 0.29) is 0 Å². The second-order valence-electron chi connectivity index (χ2n) is 3.52. The third-order valence-electron chi connectivity index (χ3n) is 2.06. The third-order valence-corrected chi connectivity index (χ3v) is 2.06. The van der Waals surface area contributed by atoms with E-state index in [1.165, 1.54) is 10.9 Å². The first-order valence-corrected chi connectivity index (χ1v) is 6.31. The lowest BCUT2D eigenvalue weighted by Gasteiger charge is -1.99. The predicted octanol–water partition coefficient (Wildman–Crippen LogP) is 4.38. The van der Waals surface area contributed by atoms with Crippen molar-refractivity contribution < 1.29 is 26.3 Å². The number of hydrogen-bond acceptors (Lipinski definition) is 2. The minimum absolute atomic E-state index is 0.454. The van der Waals surface area contributed by atoms with Crippen LogP contribution in [0, 0.1) is 0 Å². The average molecular weight is 330 g/mol. The van der Waals surface area contributed by atoms with Crippen LogP contribution in [-0.2, 0) is 18.9 Å². The van der Waals surface area contributed by atoms with Crippen LogP contribution in [0.4, 0.5) is 26.3 Å². The maximum atomic E-state index is 11.9. The van der Waals surface area contributed by atoms with Gasteiger partial charge in [0, 0.05) is 18.9 Å². The van der Waals surface area contributed by atoms with Crippen LogP contribution in [0.25, 0.3) is 0 Å². The zero-order valence-corrected chi connectivity index (χ0v) is 12.1. The van der Waals surface area contributed by atoms with Gasteiger partial charge in [0.05, 0.1) is 0 Å². The van der Waals surface area contributed by atoms with Gasteiger partial charge >= 0.3 is 12.4 Å². The van der Waals surface area contributed by atoms with Gasteiger partial charge in [-0.2, -0.15) is 36.5 Å². The van der Waals surface area contributed by atoms with Gasteiger partial charge in [-0.05, 0) is 19.1 Å². The van der Waals surface area contributed by atoms with Crippen LogP contribution in [0.15, 0.2) is 24.5 Å². The molecule has 2 heterocycles. The van der Waals surface area contributed by atoms with Gasteiger partial charge in [0.1, 0.15) is 5.69 Å². The van der Waals surface area contributed by atoms with E-state index in [9.17, 15) is 26.3 Å². The Morgan fingerprint density at radius 2 is 1.64 bits per heavy atom.